The number of hydrogen-bond acceptors (Lipinski definition) is 4. The zero-order chi connectivity index (χ0) is 9.56. The fourth-order valence-corrected chi connectivity index (χ4v) is 0.561. The monoisotopic (exact) mass is 223 g/mol. The maximum absolute atomic E-state index is 9.99. The van der Waals surface area contributed by atoms with Gasteiger partial charge >= 0.3 is 71.1 Å². The van der Waals surface area contributed by atoms with Gasteiger partial charge in [-0.05, 0) is 0 Å². The molecule has 0 heterocycles. The zero-order valence-electron chi connectivity index (χ0n) is 8.43. The first-order valence-electron chi connectivity index (χ1n) is 3.40. The van der Waals surface area contributed by atoms with E-state index >= 15 is 0 Å². The molecule has 0 aromatic heterocycles. The molecule has 0 aliphatic carbocycles. The maximum atomic E-state index is 9.99. The molecule has 0 aromatic rings. The second-order valence-corrected chi connectivity index (χ2v) is 2.24. The van der Waals surface area contributed by atoms with Crippen LogP contribution in [0.1, 0.15) is 12.8 Å². The molecule has 0 bridgehead atoms. The molecule has 0 unspecified atom stereocenters. The Balaban J connectivity index is -0.000000605. The fraction of sp³-hybridized carbons (Fsp3) is 0.667. The average molecular weight is 223 g/mol. The van der Waals surface area contributed by atoms with E-state index < -0.39 is 11.9 Å². The van der Waals surface area contributed by atoms with Crippen LogP contribution in [-0.4, -0.2) is 45.5 Å². The fourth-order valence-electron chi connectivity index (χ4n) is 0.561. The molecule has 6 nitrogen and oxygen atoms in total. The van der Waals surface area contributed by atoms with Crippen molar-refractivity contribution in [2.45, 2.75) is 12.8 Å². The number of carboxylic acids is 2. The predicted octanol–water partition coefficient (Wildman–Crippen LogP) is -6.36. The van der Waals surface area contributed by atoms with Crippen LogP contribution < -0.4 is 59.1 Å². The molecular weight excluding hydrogens is 212 g/mol. The summed E-state index contributed by atoms with van der Waals surface area (Å²) in [6, 6.07) is 0. The van der Waals surface area contributed by atoms with E-state index in [1.165, 1.54) is 0 Å². The van der Waals surface area contributed by atoms with Gasteiger partial charge in [0.05, 0.1) is 12.8 Å². The molecule has 0 aliphatic rings. The molecule has 0 radical (unpaired) electrons. The quantitative estimate of drug-likeness (QED) is 0.306. The summed E-state index contributed by atoms with van der Waals surface area (Å²) < 4.78 is 0. The van der Waals surface area contributed by atoms with Gasteiger partial charge < -0.3 is 15.4 Å². The van der Waals surface area contributed by atoms with E-state index in [9.17, 15) is 9.59 Å². The van der Waals surface area contributed by atoms with Crippen LogP contribution in [0.15, 0.2) is 0 Å². The SMILES string of the molecule is O=C(O)CCN(O)CCC(=O)O.[Na+].[Na+]. The molecule has 0 spiro atoms. The third-order valence-electron chi connectivity index (χ3n) is 1.17. The summed E-state index contributed by atoms with van der Waals surface area (Å²) in [7, 11) is 0. The molecule has 0 amide bonds. The normalized spacial score (nSPS) is 8.71. The van der Waals surface area contributed by atoms with Gasteiger partial charge in [-0.3, -0.25) is 9.59 Å². The number of nitrogens with zero attached hydrogens (tertiary/aromatic N) is 1. The van der Waals surface area contributed by atoms with Gasteiger partial charge in [0.1, 0.15) is 0 Å². The number of aliphatic carboxylic acids is 2. The third kappa shape index (κ3) is 15.3. The van der Waals surface area contributed by atoms with Crippen molar-refractivity contribution in [3.63, 3.8) is 0 Å². The summed E-state index contributed by atoms with van der Waals surface area (Å²) in [6.45, 7) is -0.106. The molecule has 0 fully saturated rings. The van der Waals surface area contributed by atoms with Gasteiger partial charge in [-0.1, -0.05) is 0 Å². The van der Waals surface area contributed by atoms with Gasteiger partial charge in [0, 0.05) is 13.1 Å². The molecular formula is C6H11NNa2O5+2. The second-order valence-electron chi connectivity index (χ2n) is 2.24. The topological polar surface area (TPSA) is 98.1 Å². The van der Waals surface area contributed by atoms with Gasteiger partial charge in [-0.15, -0.1) is 0 Å². The van der Waals surface area contributed by atoms with Crippen molar-refractivity contribution in [1.82, 2.24) is 5.06 Å². The van der Waals surface area contributed by atoms with E-state index in [2.05, 4.69) is 0 Å². The number of hydroxylamine groups is 2. The summed E-state index contributed by atoms with van der Waals surface area (Å²) in [6.07, 6.45) is -0.397. The van der Waals surface area contributed by atoms with E-state index in [4.69, 9.17) is 15.4 Å². The van der Waals surface area contributed by atoms with Crippen molar-refractivity contribution in [2.75, 3.05) is 13.1 Å². The Morgan fingerprint density at radius 3 is 1.43 bits per heavy atom. The van der Waals surface area contributed by atoms with Crippen molar-refractivity contribution in [3.05, 3.63) is 0 Å². The van der Waals surface area contributed by atoms with Gasteiger partial charge in [0.25, 0.3) is 0 Å². The van der Waals surface area contributed by atoms with Crippen LogP contribution in [0.3, 0.4) is 0 Å². The third-order valence-corrected chi connectivity index (χ3v) is 1.17. The maximum Gasteiger partial charge on any atom is 1.00 e. The van der Waals surface area contributed by atoms with Crippen molar-refractivity contribution < 1.29 is 84.1 Å². The summed E-state index contributed by atoms with van der Waals surface area (Å²) in [5, 5.41) is 25.9. The largest absolute Gasteiger partial charge is 1.00 e. The Morgan fingerprint density at radius 2 is 1.21 bits per heavy atom. The van der Waals surface area contributed by atoms with Crippen LogP contribution in [0, 0.1) is 0 Å². The van der Waals surface area contributed by atoms with Crippen LogP contribution >= 0.6 is 0 Å². The molecule has 0 atom stereocenters. The second kappa shape index (κ2) is 11.9. The Kier molecular flexibility index (Phi) is 17.3. The Hall–Kier alpha value is 0.860. The molecule has 70 valence electrons. The minimum Gasteiger partial charge on any atom is -0.481 e. The van der Waals surface area contributed by atoms with Crippen molar-refractivity contribution in [3.8, 4) is 0 Å². The first-order valence-corrected chi connectivity index (χ1v) is 3.40. The number of rotatable bonds is 6. The van der Waals surface area contributed by atoms with Gasteiger partial charge in [-0.25, -0.2) is 0 Å². The number of hydrogen-bond donors (Lipinski definition) is 3. The Morgan fingerprint density at radius 1 is 0.929 bits per heavy atom. The summed E-state index contributed by atoms with van der Waals surface area (Å²) >= 11 is 0. The van der Waals surface area contributed by atoms with E-state index in [0.717, 1.165) is 0 Å². The van der Waals surface area contributed by atoms with Crippen LogP contribution in [0.25, 0.3) is 0 Å². The number of carbonyl (C=O) groups is 2. The minimum atomic E-state index is -1.02. The standard InChI is InChI=1S/C6H11NO5.2Na/c8-5(9)1-3-7(12)4-2-6(10)11;;/h12H,1-4H2,(H,8,9)(H,10,11);;/q;2*+1. The molecule has 0 aliphatic heterocycles. The average Bonchev–Trinajstić information content (AvgIpc) is 1.96. The van der Waals surface area contributed by atoms with Crippen LogP contribution in [0.5, 0.6) is 0 Å². The Bertz CT molecular complexity index is 160. The van der Waals surface area contributed by atoms with E-state index in [0.29, 0.717) is 5.06 Å². The molecule has 0 aromatic carbocycles. The van der Waals surface area contributed by atoms with Crippen molar-refractivity contribution >= 4 is 11.9 Å². The minimum absolute atomic E-state index is 0. The van der Waals surface area contributed by atoms with E-state index in [-0.39, 0.29) is 85.0 Å². The first-order chi connectivity index (χ1) is 5.52. The van der Waals surface area contributed by atoms with E-state index in [1.54, 1.807) is 0 Å². The van der Waals surface area contributed by atoms with Gasteiger partial charge in [0.2, 0.25) is 0 Å². The molecule has 0 saturated heterocycles. The van der Waals surface area contributed by atoms with Crippen LogP contribution in [-0.2, 0) is 9.59 Å². The van der Waals surface area contributed by atoms with Crippen LogP contribution in [0.2, 0.25) is 0 Å². The zero-order valence-corrected chi connectivity index (χ0v) is 12.4. The molecule has 14 heavy (non-hydrogen) atoms. The Labute approximate surface area is 126 Å². The summed E-state index contributed by atoms with van der Waals surface area (Å²) in [5.74, 6) is -2.05. The molecule has 0 rings (SSSR count). The summed E-state index contributed by atoms with van der Waals surface area (Å²) in [5.41, 5.74) is 0. The van der Waals surface area contributed by atoms with Crippen molar-refractivity contribution in [2.24, 2.45) is 0 Å². The molecule has 3 N–H and O–H groups in total. The summed E-state index contributed by atoms with van der Waals surface area (Å²) in [4.78, 5) is 20.0. The molecule has 8 heteroatoms. The van der Waals surface area contributed by atoms with Gasteiger partial charge in [0.15, 0.2) is 0 Å². The number of carboxylic acid groups (broad SMARTS) is 2. The molecule has 0 saturated carbocycles. The van der Waals surface area contributed by atoms with Gasteiger partial charge in [-0.2, -0.15) is 5.06 Å². The van der Waals surface area contributed by atoms with E-state index in [1.807, 2.05) is 0 Å². The first kappa shape index (κ1) is 20.3. The van der Waals surface area contributed by atoms with Crippen molar-refractivity contribution in [1.29, 1.82) is 0 Å². The predicted molar refractivity (Wildman–Crippen MR) is 37.9 cm³/mol. The van der Waals surface area contributed by atoms with Crippen LogP contribution in [0.4, 0.5) is 0 Å². The smallest absolute Gasteiger partial charge is 0.481 e.